The van der Waals surface area contributed by atoms with E-state index in [-0.39, 0.29) is 0 Å². The zero-order chi connectivity index (χ0) is 10.9. The van der Waals surface area contributed by atoms with E-state index in [4.69, 9.17) is 5.84 Å². The summed E-state index contributed by atoms with van der Waals surface area (Å²) in [6.07, 6.45) is 13.8. The zero-order valence-corrected chi connectivity index (χ0v) is 10.3. The molecular weight excluding hydrogens is 184 g/mol. The lowest BCUT2D eigenvalue weighted by molar-refractivity contribution is 0.334. The third-order valence-electron chi connectivity index (χ3n) is 3.80. The van der Waals surface area contributed by atoms with Crippen molar-refractivity contribution < 1.29 is 0 Å². The van der Waals surface area contributed by atoms with E-state index in [9.17, 15) is 0 Å². The van der Waals surface area contributed by atoms with Crippen LogP contribution in [0.3, 0.4) is 0 Å². The van der Waals surface area contributed by atoms with Crippen molar-refractivity contribution >= 4 is 0 Å². The van der Waals surface area contributed by atoms with E-state index >= 15 is 0 Å². The number of hydrogen-bond acceptors (Lipinski definition) is 2. The van der Waals surface area contributed by atoms with Gasteiger partial charge in [0.15, 0.2) is 0 Å². The molecule has 1 atom stereocenters. The summed E-state index contributed by atoms with van der Waals surface area (Å²) in [5.41, 5.74) is 3.03. The van der Waals surface area contributed by atoms with Crippen molar-refractivity contribution in [2.24, 2.45) is 11.8 Å². The molecule has 0 radical (unpaired) electrons. The standard InChI is InChI=1S/C13H28N2/c1-2-3-4-5-6-11-13(15-14)12-9-7-8-10-12/h12-13,15H,2-11,14H2,1H3. The number of nitrogens with one attached hydrogen (secondary N) is 1. The molecule has 90 valence electrons. The smallest absolute Gasteiger partial charge is 0.0238 e. The predicted octanol–water partition coefficient (Wildman–Crippen LogP) is 3.37. The highest BCUT2D eigenvalue weighted by atomic mass is 15.2. The molecule has 1 unspecified atom stereocenters. The molecule has 15 heavy (non-hydrogen) atoms. The van der Waals surface area contributed by atoms with Crippen LogP contribution in [-0.2, 0) is 0 Å². The Bertz CT molecular complexity index is 141. The van der Waals surface area contributed by atoms with Gasteiger partial charge in [-0.05, 0) is 25.2 Å². The molecule has 0 bridgehead atoms. The maximum Gasteiger partial charge on any atom is 0.0238 e. The Morgan fingerprint density at radius 3 is 2.40 bits per heavy atom. The Morgan fingerprint density at radius 1 is 1.13 bits per heavy atom. The Balaban J connectivity index is 2.05. The molecule has 0 aliphatic heterocycles. The van der Waals surface area contributed by atoms with Crippen molar-refractivity contribution in [3.05, 3.63) is 0 Å². The van der Waals surface area contributed by atoms with Crippen molar-refractivity contribution in [3.8, 4) is 0 Å². The van der Waals surface area contributed by atoms with Crippen LogP contribution in [0.1, 0.15) is 71.1 Å². The van der Waals surface area contributed by atoms with Gasteiger partial charge in [0.05, 0.1) is 0 Å². The molecule has 0 heterocycles. The molecule has 1 aliphatic carbocycles. The molecule has 2 heteroatoms. The molecule has 0 aromatic heterocycles. The van der Waals surface area contributed by atoms with Crippen molar-refractivity contribution in [1.29, 1.82) is 0 Å². The van der Waals surface area contributed by atoms with Crippen LogP contribution in [0.25, 0.3) is 0 Å². The second-order valence-electron chi connectivity index (χ2n) is 5.02. The molecular formula is C13H28N2. The van der Waals surface area contributed by atoms with Gasteiger partial charge in [-0.25, -0.2) is 0 Å². The summed E-state index contributed by atoms with van der Waals surface area (Å²) in [6.45, 7) is 2.27. The molecule has 2 nitrogen and oxygen atoms in total. The monoisotopic (exact) mass is 212 g/mol. The van der Waals surface area contributed by atoms with Crippen LogP contribution >= 0.6 is 0 Å². The summed E-state index contributed by atoms with van der Waals surface area (Å²) in [5.74, 6) is 6.51. The van der Waals surface area contributed by atoms with Gasteiger partial charge in [-0.15, -0.1) is 0 Å². The molecule has 1 saturated carbocycles. The fourth-order valence-corrected chi connectivity index (χ4v) is 2.78. The molecule has 0 amide bonds. The number of nitrogens with two attached hydrogens (primary N) is 1. The van der Waals surface area contributed by atoms with Gasteiger partial charge in [0, 0.05) is 6.04 Å². The van der Waals surface area contributed by atoms with Crippen LogP contribution in [0.2, 0.25) is 0 Å². The summed E-state index contributed by atoms with van der Waals surface area (Å²) >= 11 is 0. The van der Waals surface area contributed by atoms with Crippen LogP contribution in [0, 0.1) is 5.92 Å². The lowest BCUT2D eigenvalue weighted by Crippen LogP contribution is -2.39. The predicted molar refractivity (Wildman–Crippen MR) is 66.4 cm³/mol. The molecule has 1 fully saturated rings. The van der Waals surface area contributed by atoms with Gasteiger partial charge < -0.3 is 0 Å². The van der Waals surface area contributed by atoms with E-state index in [1.54, 1.807) is 0 Å². The molecule has 0 spiro atoms. The second-order valence-corrected chi connectivity index (χ2v) is 5.02. The number of hydrazine groups is 1. The van der Waals surface area contributed by atoms with Gasteiger partial charge in [-0.1, -0.05) is 51.9 Å². The van der Waals surface area contributed by atoms with E-state index in [0.29, 0.717) is 6.04 Å². The van der Waals surface area contributed by atoms with Gasteiger partial charge in [0.2, 0.25) is 0 Å². The summed E-state index contributed by atoms with van der Waals surface area (Å²) in [6, 6.07) is 0.592. The fourth-order valence-electron chi connectivity index (χ4n) is 2.78. The van der Waals surface area contributed by atoms with E-state index in [0.717, 1.165) is 5.92 Å². The highest BCUT2D eigenvalue weighted by molar-refractivity contribution is 4.78. The quantitative estimate of drug-likeness (QED) is 0.368. The van der Waals surface area contributed by atoms with E-state index in [1.807, 2.05) is 0 Å². The molecule has 3 N–H and O–H groups in total. The van der Waals surface area contributed by atoms with Crippen molar-refractivity contribution in [2.45, 2.75) is 77.2 Å². The third kappa shape index (κ3) is 4.98. The average Bonchev–Trinajstić information content (AvgIpc) is 2.77. The van der Waals surface area contributed by atoms with Crippen LogP contribution in [0.4, 0.5) is 0 Å². The SMILES string of the molecule is CCCCCCCC(NN)C1CCCC1. The van der Waals surface area contributed by atoms with Gasteiger partial charge in [-0.3, -0.25) is 11.3 Å². The van der Waals surface area contributed by atoms with E-state index in [1.165, 1.54) is 64.2 Å². The number of rotatable bonds is 8. The largest absolute Gasteiger partial charge is 0.271 e. The van der Waals surface area contributed by atoms with E-state index in [2.05, 4.69) is 12.3 Å². The number of hydrogen-bond donors (Lipinski definition) is 2. The minimum absolute atomic E-state index is 0.592. The lowest BCUT2D eigenvalue weighted by Gasteiger charge is -2.22. The normalized spacial score (nSPS) is 19.6. The van der Waals surface area contributed by atoms with Crippen molar-refractivity contribution in [2.75, 3.05) is 0 Å². The second kappa shape index (κ2) is 8.12. The topological polar surface area (TPSA) is 38.0 Å². The van der Waals surface area contributed by atoms with Gasteiger partial charge in [0.25, 0.3) is 0 Å². The third-order valence-corrected chi connectivity index (χ3v) is 3.80. The Morgan fingerprint density at radius 2 is 1.80 bits per heavy atom. The maximum atomic E-state index is 5.64. The highest BCUT2D eigenvalue weighted by Gasteiger charge is 2.23. The van der Waals surface area contributed by atoms with Gasteiger partial charge >= 0.3 is 0 Å². The highest BCUT2D eigenvalue weighted by Crippen LogP contribution is 2.29. The Kier molecular flexibility index (Phi) is 7.03. The van der Waals surface area contributed by atoms with Crippen LogP contribution in [-0.4, -0.2) is 6.04 Å². The molecule has 0 saturated heterocycles. The first-order chi connectivity index (χ1) is 7.38. The summed E-state index contributed by atoms with van der Waals surface area (Å²) in [7, 11) is 0. The lowest BCUT2D eigenvalue weighted by atomic mass is 9.93. The zero-order valence-electron chi connectivity index (χ0n) is 10.3. The first-order valence-electron chi connectivity index (χ1n) is 6.84. The van der Waals surface area contributed by atoms with Crippen LogP contribution in [0.5, 0.6) is 0 Å². The van der Waals surface area contributed by atoms with Crippen molar-refractivity contribution in [1.82, 2.24) is 5.43 Å². The number of unbranched alkanes of at least 4 members (excludes halogenated alkanes) is 4. The fraction of sp³-hybridized carbons (Fsp3) is 1.00. The summed E-state index contributed by atoms with van der Waals surface area (Å²) < 4.78 is 0. The van der Waals surface area contributed by atoms with E-state index < -0.39 is 0 Å². The minimum Gasteiger partial charge on any atom is -0.271 e. The first-order valence-corrected chi connectivity index (χ1v) is 6.84. The molecule has 0 aromatic carbocycles. The molecule has 1 rings (SSSR count). The molecule has 1 aliphatic rings. The average molecular weight is 212 g/mol. The summed E-state index contributed by atoms with van der Waals surface area (Å²) in [5, 5.41) is 0. The molecule has 0 aromatic rings. The maximum absolute atomic E-state index is 5.64. The Hall–Kier alpha value is -0.0800. The van der Waals surface area contributed by atoms with Crippen LogP contribution in [0.15, 0.2) is 0 Å². The van der Waals surface area contributed by atoms with Gasteiger partial charge in [0.1, 0.15) is 0 Å². The minimum atomic E-state index is 0.592. The van der Waals surface area contributed by atoms with Gasteiger partial charge in [-0.2, -0.15) is 0 Å². The first kappa shape index (κ1) is 13.0. The summed E-state index contributed by atoms with van der Waals surface area (Å²) in [4.78, 5) is 0. The van der Waals surface area contributed by atoms with Crippen molar-refractivity contribution in [3.63, 3.8) is 0 Å². The van der Waals surface area contributed by atoms with Crippen LogP contribution < -0.4 is 11.3 Å². The Labute approximate surface area is 95.0 Å².